The van der Waals surface area contributed by atoms with E-state index in [0.29, 0.717) is 24.3 Å². The number of nitrogens with one attached hydrogen (secondary N) is 1. The third-order valence-corrected chi connectivity index (χ3v) is 4.17. The topological polar surface area (TPSA) is 58.6 Å². The van der Waals surface area contributed by atoms with Crippen LogP contribution < -0.4 is 5.32 Å². The van der Waals surface area contributed by atoms with Gasteiger partial charge in [0.05, 0.1) is 0 Å². The number of hydrogen-bond donors (Lipinski definition) is 1. The van der Waals surface area contributed by atoms with Crippen molar-refractivity contribution >= 4 is 17.7 Å². The van der Waals surface area contributed by atoms with E-state index in [-0.39, 0.29) is 5.91 Å². The molecule has 0 saturated carbocycles. The minimum Gasteiger partial charge on any atom is -0.444 e. The molecule has 2 aromatic carbocycles. The van der Waals surface area contributed by atoms with Gasteiger partial charge < -0.3 is 9.64 Å². The average Bonchev–Trinajstić information content (AvgIpc) is 2.59. The first kappa shape index (κ1) is 18.0. The van der Waals surface area contributed by atoms with Crippen LogP contribution in [-0.2, 0) is 17.7 Å². The summed E-state index contributed by atoms with van der Waals surface area (Å²) in [7, 11) is 0. The lowest BCUT2D eigenvalue weighted by atomic mass is 9.99. The maximum absolute atomic E-state index is 12.9. The maximum atomic E-state index is 12.9. The van der Waals surface area contributed by atoms with Crippen LogP contribution in [0.4, 0.5) is 10.5 Å². The van der Waals surface area contributed by atoms with Gasteiger partial charge in [-0.15, -0.1) is 0 Å². The fourth-order valence-electron chi connectivity index (χ4n) is 3.00. The molecule has 1 aliphatic heterocycles. The Bertz CT molecular complexity index is 824. The molecule has 0 radical (unpaired) electrons. The van der Waals surface area contributed by atoms with Gasteiger partial charge in [0.15, 0.2) is 0 Å². The number of benzene rings is 2. The summed E-state index contributed by atoms with van der Waals surface area (Å²) in [6.07, 6.45) is 0.326. The van der Waals surface area contributed by atoms with E-state index in [1.807, 2.05) is 17.0 Å². The predicted octanol–water partition coefficient (Wildman–Crippen LogP) is 4.23. The molecule has 136 valence electrons. The van der Waals surface area contributed by atoms with Crippen LogP contribution in [-0.4, -0.2) is 29.0 Å². The number of carbonyl (C=O) groups excluding carboxylic acids is 2. The third-order valence-electron chi connectivity index (χ3n) is 4.17. The lowest BCUT2D eigenvalue weighted by Crippen LogP contribution is -2.36. The molecule has 2 aromatic rings. The Morgan fingerprint density at radius 2 is 1.77 bits per heavy atom. The van der Waals surface area contributed by atoms with E-state index in [2.05, 4.69) is 17.4 Å². The molecule has 2 amide bonds. The standard InChI is InChI=1S/C21H24N2O3/c1-21(2,3)26-20(25)22-18-10-6-9-16(13-18)19(24)23-12-11-15-7-4-5-8-17(15)14-23/h4-10,13H,11-12,14H2,1-3H3,(H,22,25). The summed E-state index contributed by atoms with van der Waals surface area (Å²) in [5.74, 6) is -0.0349. The van der Waals surface area contributed by atoms with E-state index in [9.17, 15) is 9.59 Å². The summed E-state index contributed by atoms with van der Waals surface area (Å²) in [6, 6.07) is 15.2. The van der Waals surface area contributed by atoms with Gasteiger partial charge in [0, 0.05) is 24.3 Å². The van der Waals surface area contributed by atoms with E-state index in [1.165, 1.54) is 11.1 Å². The van der Waals surface area contributed by atoms with Crippen LogP contribution >= 0.6 is 0 Å². The molecular formula is C21H24N2O3. The Balaban J connectivity index is 1.70. The summed E-state index contributed by atoms with van der Waals surface area (Å²) in [6.45, 7) is 6.72. The highest BCUT2D eigenvalue weighted by atomic mass is 16.6. The maximum Gasteiger partial charge on any atom is 0.412 e. The fourth-order valence-corrected chi connectivity index (χ4v) is 3.00. The molecule has 0 aromatic heterocycles. The normalized spacial score (nSPS) is 13.7. The molecule has 0 fully saturated rings. The Labute approximate surface area is 154 Å². The van der Waals surface area contributed by atoms with Crippen molar-refractivity contribution in [3.05, 3.63) is 65.2 Å². The second-order valence-corrected chi connectivity index (χ2v) is 7.45. The number of anilines is 1. The summed E-state index contributed by atoms with van der Waals surface area (Å²) >= 11 is 0. The minimum atomic E-state index is -0.571. The van der Waals surface area contributed by atoms with Crippen molar-refractivity contribution in [2.45, 2.75) is 39.3 Å². The molecular weight excluding hydrogens is 328 g/mol. The Morgan fingerprint density at radius 3 is 2.50 bits per heavy atom. The highest BCUT2D eigenvalue weighted by Gasteiger charge is 2.22. The second-order valence-electron chi connectivity index (χ2n) is 7.45. The van der Waals surface area contributed by atoms with E-state index in [1.54, 1.807) is 45.0 Å². The van der Waals surface area contributed by atoms with E-state index in [0.717, 1.165) is 6.42 Å². The van der Waals surface area contributed by atoms with Crippen LogP contribution in [0.25, 0.3) is 0 Å². The number of fused-ring (bicyclic) bond motifs is 1. The lowest BCUT2D eigenvalue weighted by molar-refractivity contribution is 0.0634. The molecule has 0 unspecified atom stereocenters. The number of rotatable bonds is 2. The van der Waals surface area contributed by atoms with Gasteiger partial charge in [-0.2, -0.15) is 0 Å². The molecule has 1 heterocycles. The molecule has 3 rings (SSSR count). The summed E-state index contributed by atoms with van der Waals surface area (Å²) in [4.78, 5) is 26.6. The van der Waals surface area contributed by atoms with E-state index < -0.39 is 11.7 Å². The smallest absolute Gasteiger partial charge is 0.412 e. The van der Waals surface area contributed by atoms with E-state index >= 15 is 0 Å². The quantitative estimate of drug-likeness (QED) is 0.880. The highest BCUT2D eigenvalue weighted by Crippen LogP contribution is 2.21. The summed E-state index contributed by atoms with van der Waals surface area (Å²) in [5, 5.41) is 2.68. The van der Waals surface area contributed by atoms with Crippen LogP contribution in [0.1, 0.15) is 42.3 Å². The average molecular weight is 352 g/mol. The molecule has 0 bridgehead atoms. The monoisotopic (exact) mass is 352 g/mol. The number of amides is 2. The molecule has 1 N–H and O–H groups in total. The van der Waals surface area contributed by atoms with Crippen LogP contribution in [0, 0.1) is 0 Å². The first-order valence-electron chi connectivity index (χ1n) is 8.78. The van der Waals surface area contributed by atoms with Crippen LogP contribution in [0.2, 0.25) is 0 Å². The molecule has 0 atom stereocenters. The van der Waals surface area contributed by atoms with Gasteiger partial charge in [-0.05, 0) is 56.5 Å². The van der Waals surface area contributed by atoms with Gasteiger partial charge in [-0.25, -0.2) is 4.79 Å². The first-order chi connectivity index (χ1) is 12.3. The molecule has 0 spiro atoms. The van der Waals surface area contributed by atoms with Gasteiger partial charge in [0.2, 0.25) is 0 Å². The first-order valence-corrected chi connectivity index (χ1v) is 8.78. The zero-order valence-corrected chi connectivity index (χ0v) is 15.4. The van der Waals surface area contributed by atoms with Crippen molar-refractivity contribution in [2.75, 3.05) is 11.9 Å². The Morgan fingerprint density at radius 1 is 1.04 bits per heavy atom. The molecule has 0 saturated heterocycles. The fraction of sp³-hybridized carbons (Fsp3) is 0.333. The van der Waals surface area contributed by atoms with Gasteiger partial charge in [-0.3, -0.25) is 10.1 Å². The second kappa shape index (κ2) is 7.20. The number of ether oxygens (including phenoxy) is 1. The largest absolute Gasteiger partial charge is 0.444 e. The van der Waals surface area contributed by atoms with Crippen molar-refractivity contribution in [1.29, 1.82) is 0 Å². The molecule has 1 aliphatic rings. The van der Waals surface area contributed by atoms with Crippen molar-refractivity contribution < 1.29 is 14.3 Å². The number of carbonyl (C=O) groups is 2. The van der Waals surface area contributed by atoms with Crippen LogP contribution in [0.15, 0.2) is 48.5 Å². The predicted molar refractivity (Wildman–Crippen MR) is 101 cm³/mol. The zero-order chi connectivity index (χ0) is 18.7. The van der Waals surface area contributed by atoms with Crippen molar-refractivity contribution in [3.8, 4) is 0 Å². The number of nitrogens with zero attached hydrogens (tertiary/aromatic N) is 1. The van der Waals surface area contributed by atoms with Gasteiger partial charge >= 0.3 is 6.09 Å². The molecule has 5 heteroatoms. The molecule has 26 heavy (non-hydrogen) atoms. The lowest BCUT2D eigenvalue weighted by Gasteiger charge is -2.29. The van der Waals surface area contributed by atoms with Crippen molar-refractivity contribution in [2.24, 2.45) is 0 Å². The zero-order valence-electron chi connectivity index (χ0n) is 15.4. The van der Waals surface area contributed by atoms with Gasteiger partial charge in [-0.1, -0.05) is 30.3 Å². The third kappa shape index (κ3) is 4.42. The summed E-state index contributed by atoms with van der Waals surface area (Å²) < 4.78 is 5.25. The van der Waals surface area contributed by atoms with Gasteiger partial charge in [0.1, 0.15) is 5.60 Å². The Hall–Kier alpha value is -2.82. The van der Waals surface area contributed by atoms with Crippen molar-refractivity contribution in [3.63, 3.8) is 0 Å². The summed E-state index contributed by atoms with van der Waals surface area (Å²) in [5.41, 5.74) is 3.02. The molecule has 0 aliphatic carbocycles. The van der Waals surface area contributed by atoms with Gasteiger partial charge in [0.25, 0.3) is 5.91 Å². The number of hydrogen-bond acceptors (Lipinski definition) is 3. The van der Waals surface area contributed by atoms with E-state index in [4.69, 9.17) is 4.74 Å². The highest BCUT2D eigenvalue weighted by molar-refractivity contribution is 5.96. The minimum absolute atomic E-state index is 0.0349. The van der Waals surface area contributed by atoms with Crippen molar-refractivity contribution in [1.82, 2.24) is 4.90 Å². The Kier molecular flexibility index (Phi) is 4.98. The van der Waals surface area contributed by atoms with Crippen LogP contribution in [0.3, 0.4) is 0 Å². The SMILES string of the molecule is CC(C)(C)OC(=O)Nc1cccc(C(=O)N2CCc3ccccc3C2)c1. The van der Waals surface area contributed by atoms with Crippen LogP contribution in [0.5, 0.6) is 0 Å². The molecule has 5 nitrogen and oxygen atoms in total.